The van der Waals surface area contributed by atoms with Gasteiger partial charge in [-0.15, -0.1) is 11.3 Å². The van der Waals surface area contributed by atoms with Gasteiger partial charge in [-0.3, -0.25) is 9.97 Å². The molecule has 0 aliphatic heterocycles. The lowest BCUT2D eigenvalue weighted by Crippen LogP contribution is -2.10. The summed E-state index contributed by atoms with van der Waals surface area (Å²) in [5, 5.41) is 5.26. The molecule has 0 atom stereocenters. The van der Waals surface area contributed by atoms with E-state index in [1.54, 1.807) is 36.9 Å². The highest BCUT2D eigenvalue weighted by Gasteiger charge is 2.34. The van der Waals surface area contributed by atoms with Crippen LogP contribution in [0.3, 0.4) is 0 Å². The van der Waals surface area contributed by atoms with Crippen molar-refractivity contribution in [3.8, 4) is 17.0 Å². The highest BCUT2D eigenvalue weighted by Crippen LogP contribution is 2.39. The van der Waals surface area contributed by atoms with Crippen molar-refractivity contribution < 1.29 is 17.9 Å². The minimum Gasteiger partial charge on any atom is -0.493 e. The van der Waals surface area contributed by atoms with Gasteiger partial charge in [-0.25, -0.2) is 4.98 Å². The number of hydrogen-bond acceptors (Lipinski definition) is 6. The summed E-state index contributed by atoms with van der Waals surface area (Å²) in [7, 11) is 0. The van der Waals surface area contributed by atoms with Gasteiger partial charge in [0, 0.05) is 41.4 Å². The van der Waals surface area contributed by atoms with Gasteiger partial charge in [0.15, 0.2) is 5.13 Å². The topological polar surface area (TPSA) is 59.9 Å². The van der Waals surface area contributed by atoms with Crippen LogP contribution in [0.2, 0.25) is 0 Å². The third-order valence-electron chi connectivity index (χ3n) is 4.59. The van der Waals surface area contributed by atoms with Gasteiger partial charge in [-0.05, 0) is 54.8 Å². The molecule has 0 fully saturated rings. The number of rotatable bonds is 8. The van der Waals surface area contributed by atoms with Crippen LogP contribution < -0.4 is 10.1 Å². The van der Waals surface area contributed by atoms with Gasteiger partial charge in [0.25, 0.3) is 0 Å². The van der Waals surface area contributed by atoms with Crippen molar-refractivity contribution in [2.24, 2.45) is 0 Å². The lowest BCUT2D eigenvalue weighted by atomic mass is 10.1. The first-order valence-corrected chi connectivity index (χ1v) is 10.7. The first-order valence-electron chi connectivity index (χ1n) is 9.85. The molecule has 0 radical (unpaired) electrons. The van der Waals surface area contributed by atoms with E-state index in [4.69, 9.17) is 4.74 Å². The number of halogens is 3. The third kappa shape index (κ3) is 5.61. The van der Waals surface area contributed by atoms with Crippen molar-refractivity contribution in [1.29, 1.82) is 0 Å². The molecule has 0 saturated carbocycles. The van der Waals surface area contributed by atoms with Gasteiger partial charge in [0.1, 0.15) is 5.75 Å². The van der Waals surface area contributed by atoms with E-state index in [9.17, 15) is 13.2 Å². The van der Waals surface area contributed by atoms with Crippen molar-refractivity contribution in [3.05, 3.63) is 83.8 Å². The number of nitrogens with zero attached hydrogens (tertiary/aromatic N) is 3. The molecule has 5 nitrogen and oxygen atoms in total. The molecule has 0 saturated heterocycles. The first-order chi connectivity index (χ1) is 15.5. The molecule has 0 aliphatic carbocycles. The van der Waals surface area contributed by atoms with Crippen LogP contribution in [0.4, 0.5) is 24.0 Å². The van der Waals surface area contributed by atoms with Crippen LogP contribution in [0.1, 0.15) is 17.5 Å². The summed E-state index contributed by atoms with van der Waals surface area (Å²) >= 11 is 1.30. The Hall–Kier alpha value is -3.46. The van der Waals surface area contributed by atoms with Gasteiger partial charge in [-0.2, -0.15) is 13.2 Å². The van der Waals surface area contributed by atoms with Gasteiger partial charge in [0.2, 0.25) is 0 Å². The monoisotopic (exact) mass is 456 g/mol. The third-order valence-corrected chi connectivity index (χ3v) is 5.35. The number of pyridine rings is 2. The minimum atomic E-state index is -4.54. The van der Waals surface area contributed by atoms with Crippen molar-refractivity contribution in [1.82, 2.24) is 15.0 Å². The van der Waals surface area contributed by atoms with E-state index in [0.29, 0.717) is 23.7 Å². The number of ether oxygens (including phenoxy) is 1. The molecular weight excluding hydrogens is 437 g/mol. The number of hydrogen-bond donors (Lipinski definition) is 1. The number of benzene rings is 1. The Bertz CT molecular complexity index is 1150. The molecule has 0 bridgehead atoms. The van der Waals surface area contributed by atoms with E-state index < -0.39 is 11.7 Å². The van der Waals surface area contributed by atoms with Crippen LogP contribution in [-0.4, -0.2) is 21.6 Å². The number of alkyl halides is 3. The number of thiazole rings is 1. The molecule has 4 rings (SSSR count). The van der Waals surface area contributed by atoms with Gasteiger partial charge in [0.05, 0.1) is 17.9 Å². The van der Waals surface area contributed by atoms with Gasteiger partial charge < -0.3 is 10.1 Å². The maximum atomic E-state index is 13.6. The second-order valence-electron chi connectivity index (χ2n) is 6.93. The SMILES string of the molecule is FC(F)(F)c1cc(Nc2nc(-c3cccnc3)cs2)ccc1OCCCc1cccnc1. The summed E-state index contributed by atoms with van der Waals surface area (Å²) in [4.78, 5) is 12.5. The van der Waals surface area contributed by atoms with E-state index in [1.807, 2.05) is 23.6 Å². The maximum Gasteiger partial charge on any atom is 0.420 e. The fourth-order valence-electron chi connectivity index (χ4n) is 3.06. The zero-order valence-corrected chi connectivity index (χ0v) is 17.7. The zero-order chi connectivity index (χ0) is 22.4. The summed E-state index contributed by atoms with van der Waals surface area (Å²) in [6, 6.07) is 11.4. The van der Waals surface area contributed by atoms with Gasteiger partial charge in [-0.1, -0.05) is 6.07 Å². The van der Waals surface area contributed by atoms with E-state index >= 15 is 0 Å². The summed E-state index contributed by atoms with van der Waals surface area (Å²) in [5.41, 5.74) is 2.01. The molecule has 0 spiro atoms. The minimum absolute atomic E-state index is 0.172. The predicted molar refractivity (Wildman–Crippen MR) is 118 cm³/mol. The molecule has 9 heteroatoms. The standard InChI is InChI=1S/C23H19F3N4OS/c24-23(25,26)19-12-18(29-22-30-20(15-32-22)17-6-2-10-28-14-17)7-8-21(19)31-11-3-5-16-4-1-9-27-13-16/h1-2,4,6-10,12-15H,3,5,11H2,(H,29,30). The lowest BCUT2D eigenvalue weighted by molar-refractivity contribution is -0.138. The molecule has 0 amide bonds. The van der Waals surface area contributed by atoms with Crippen molar-refractivity contribution >= 4 is 22.2 Å². The van der Waals surface area contributed by atoms with E-state index in [2.05, 4.69) is 20.3 Å². The highest BCUT2D eigenvalue weighted by atomic mass is 32.1. The molecular formula is C23H19F3N4OS. The average molecular weight is 456 g/mol. The predicted octanol–water partition coefficient (Wildman–Crippen LogP) is 6.37. The number of anilines is 2. The fourth-order valence-corrected chi connectivity index (χ4v) is 3.80. The molecule has 1 aromatic carbocycles. The Labute approximate surface area is 187 Å². The second kappa shape index (κ2) is 9.78. The molecule has 0 unspecified atom stereocenters. The number of nitrogens with one attached hydrogen (secondary N) is 1. The first kappa shape index (κ1) is 21.8. The molecule has 3 heterocycles. The van der Waals surface area contributed by atoms with Crippen LogP contribution in [0, 0.1) is 0 Å². The quantitative estimate of drug-likeness (QED) is 0.312. The van der Waals surface area contributed by atoms with Crippen molar-refractivity contribution in [2.75, 3.05) is 11.9 Å². The van der Waals surface area contributed by atoms with Crippen molar-refractivity contribution in [3.63, 3.8) is 0 Å². The molecule has 0 aliphatic rings. The van der Waals surface area contributed by atoms with Gasteiger partial charge >= 0.3 is 6.18 Å². The lowest BCUT2D eigenvalue weighted by Gasteiger charge is -2.15. The summed E-state index contributed by atoms with van der Waals surface area (Å²) < 4.78 is 46.4. The fraction of sp³-hybridized carbons (Fsp3) is 0.174. The van der Waals surface area contributed by atoms with Crippen LogP contribution in [-0.2, 0) is 12.6 Å². The molecule has 3 aromatic heterocycles. The number of aromatic nitrogens is 3. The zero-order valence-electron chi connectivity index (χ0n) is 16.8. The largest absolute Gasteiger partial charge is 0.493 e. The molecule has 32 heavy (non-hydrogen) atoms. The van der Waals surface area contributed by atoms with E-state index in [1.165, 1.54) is 17.4 Å². The summed E-state index contributed by atoms with van der Waals surface area (Å²) in [6.45, 7) is 0.172. The maximum absolute atomic E-state index is 13.6. The number of aryl methyl sites for hydroxylation is 1. The van der Waals surface area contributed by atoms with Crippen molar-refractivity contribution in [2.45, 2.75) is 19.0 Å². The average Bonchev–Trinajstić information content (AvgIpc) is 3.26. The highest BCUT2D eigenvalue weighted by molar-refractivity contribution is 7.14. The van der Waals surface area contributed by atoms with E-state index in [-0.39, 0.29) is 18.0 Å². The smallest absolute Gasteiger partial charge is 0.420 e. The van der Waals surface area contributed by atoms with Crippen LogP contribution >= 0.6 is 11.3 Å². The Balaban J connectivity index is 1.43. The van der Waals surface area contributed by atoms with Crippen LogP contribution in [0.5, 0.6) is 5.75 Å². The normalized spacial score (nSPS) is 11.3. The Morgan fingerprint density at radius 1 is 1.00 bits per heavy atom. The van der Waals surface area contributed by atoms with Crippen LogP contribution in [0.15, 0.2) is 72.6 Å². The molecule has 4 aromatic rings. The Morgan fingerprint density at radius 3 is 2.53 bits per heavy atom. The molecule has 164 valence electrons. The van der Waals surface area contributed by atoms with E-state index in [0.717, 1.165) is 17.2 Å². The van der Waals surface area contributed by atoms with Crippen LogP contribution in [0.25, 0.3) is 11.3 Å². The summed E-state index contributed by atoms with van der Waals surface area (Å²) in [5.74, 6) is -0.190. The second-order valence-corrected chi connectivity index (χ2v) is 7.78. The Morgan fingerprint density at radius 2 is 1.81 bits per heavy atom. The molecule has 1 N–H and O–H groups in total. The summed E-state index contributed by atoms with van der Waals surface area (Å²) in [6.07, 6.45) is 3.48. The Kier molecular flexibility index (Phi) is 6.65.